The van der Waals surface area contributed by atoms with Gasteiger partial charge in [0, 0.05) is 13.1 Å². The van der Waals surface area contributed by atoms with E-state index in [1.165, 1.54) is 0 Å². The summed E-state index contributed by atoms with van der Waals surface area (Å²) in [5.74, 6) is -0.820. The Morgan fingerprint density at radius 1 is 1.22 bits per heavy atom. The highest BCUT2D eigenvalue weighted by Gasteiger charge is 2.20. The molecule has 0 amide bonds. The van der Waals surface area contributed by atoms with Crippen LogP contribution in [0, 0.1) is 5.92 Å². The summed E-state index contributed by atoms with van der Waals surface area (Å²) in [6, 6.07) is 0. The summed E-state index contributed by atoms with van der Waals surface area (Å²) < 4.78 is 0. The zero-order valence-corrected chi connectivity index (χ0v) is 11.5. The summed E-state index contributed by atoms with van der Waals surface area (Å²) in [5, 5.41) is 8.94. The Hall–Kier alpha value is -1.51. The average molecular weight is 251 g/mol. The van der Waals surface area contributed by atoms with Crippen LogP contribution in [-0.4, -0.2) is 29.1 Å². The van der Waals surface area contributed by atoms with Crippen LogP contribution in [0.4, 0.5) is 0 Å². The van der Waals surface area contributed by atoms with Crippen LogP contribution < -0.4 is 0 Å². The van der Waals surface area contributed by atoms with Gasteiger partial charge in [0.05, 0.1) is 5.92 Å². The van der Waals surface area contributed by atoms with Crippen molar-refractivity contribution in [3.05, 3.63) is 37.1 Å². The van der Waals surface area contributed by atoms with Crippen LogP contribution in [0.25, 0.3) is 0 Å². The predicted octanol–water partition coefficient (Wildman–Crippen LogP) is 3.46. The van der Waals surface area contributed by atoms with Gasteiger partial charge >= 0.3 is 5.97 Å². The number of carbonyl (C=O) groups is 1. The number of rotatable bonds is 4. The van der Waals surface area contributed by atoms with E-state index in [2.05, 4.69) is 11.5 Å². The highest BCUT2D eigenvalue weighted by atomic mass is 16.4. The molecule has 1 heterocycles. The number of likely N-dealkylation sites (tertiary alicyclic amines) is 1. The number of allylic oxidation sites excluding steroid dienone is 4. The van der Waals surface area contributed by atoms with Gasteiger partial charge in [-0.3, -0.25) is 4.79 Å². The topological polar surface area (TPSA) is 40.5 Å². The van der Waals surface area contributed by atoms with E-state index in [9.17, 15) is 4.79 Å². The number of hydrogen-bond donors (Lipinski definition) is 1. The first-order chi connectivity index (χ1) is 8.74. The van der Waals surface area contributed by atoms with Crippen molar-refractivity contribution in [1.29, 1.82) is 0 Å². The molecule has 18 heavy (non-hydrogen) atoms. The lowest BCUT2D eigenvalue weighted by Gasteiger charge is -2.16. The molecule has 1 unspecified atom stereocenters. The number of hydrogen-bond acceptors (Lipinski definition) is 2. The molecule has 0 spiro atoms. The third kappa shape index (κ3) is 6.94. The largest absolute Gasteiger partial charge is 0.481 e. The molecular formula is C15H25NO2. The van der Waals surface area contributed by atoms with Gasteiger partial charge in [0.25, 0.3) is 0 Å². The zero-order valence-electron chi connectivity index (χ0n) is 11.5. The Morgan fingerprint density at radius 2 is 1.94 bits per heavy atom. The maximum atomic E-state index is 10.9. The fourth-order valence-electron chi connectivity index (χ4n) is 1.83. The second-order valence-electron chi connectivity index (χ2n) is 3.96. The lowest BCUT2D eigenvalue weighted by atomic mass is 10.0. The van der Waals surface area contributed by atoms with Crippen molar-refractivity contribution in [3.63, 3.8) is 0 Å². The first kappa shape index (κ1) is 16.5. The quantitative estimate of drug-likeness (QED) is 0.778. The molecular weight excluding hydrogens is 226 g/mol. The van der Waals surface area contributed by atoms with E-state index in [-0.39, 0.29) is 5.92 Å². The summed E-state index contributed by atoms with van der Waals surface area (Å²) in [6.45, 7) is 9.37. The minimum absolute atomic E-state index is 0.165. The number of aliphatic carboxylic acids is 1. The molecule has 0 aromatic heterocycles. The molecule has 102 valence electrons. The maximum absolute atomic E-state index is 10.9. The van der Waals surface area contributed by atoms with Crippen LogP contribution in [0.1, 0.15) is 33.1 Å². The normalized spacial score (nSPS) is 20.3. The highest BCUT2D eigenvalue weighted by Crippen LogP contribution is 2.17. The van der Waals surface area contributed by atoms with Gasteiger partial charge in [-0.2, -0.15) is 0 Å². The standard InChI is InChI=1S/C13H19NO2.C2H6/c1-2-3-4-5-9-14-10-6-7-12(8-11-14)13(15)16;1-2/h2-5,9,12H,1,6-8,10-11H2,(H,15,16);1-2H3/b4-3-,9-5+;. The van der Waals surface area contributed by atoms with Crippen LogP contribution in [0.5, 0.6) is 0 Å². The van der Waals surface area contributed by atoms with Crippen molar-refractivity contribution in [2.75, 3.05) is 13.1 Å². The van der Waals surface area contributed by atoms with E-state index >= 15 is 0 Å². The summed E-state index contributed by atoms with van der Waals surface area (Å²) in [6.07, 6.45) is 12.0. The lowest BCUT2D eigenvalue weighted by molar-refractivity contribution is -0.142. The fraction of sp³-hybridized carbons (Fsp3) is 0.533. The van der Waals surface area contributed by atoms with Gasteiger partial charge in [0.2, 0.25) is 0 Å². The van der Waals surface area contributed by atoms with Crippen LogP contribution in [0.3, 0.4) is 0 Å². The smallest absolute Gasteiger partial charge is 0.306 e. The van der Waals surface area contributed by atoms with E-state index in [0.29, 0.717) is 0 Å². The van der Waals surface area contributed by atoms with Gasteiger partial charge in [-0.05, 0) is 31.5 Å². The second-order valence-corrected chi connectivity index (χ2v) is 3.96. The molecule has 0 bridgehead atoms. The first-order valence-corrected chi connectivity index (χ1v) is 6.67. The van der Waals surface area contributed by atoms with E-state index in [4.69, 9.17) is 5.11 Å². The van der Waals surface area contributed by atoms with E-state index < -0.39 is 5.97 Å². The summed E-state index contributed by atoms with van der Waals surface area (Å²) in [7, 11) is 0. The van der Waals surface area contributed by atoms with Crippen molar-refractivity contribution < 1.29 is 9.90 Å². The van der Waals surface area contributed by atoms with Crippen LogP contribution in [-0.2, 0) is 4.79 Å². The Labute approximate surface area is 110 Å². The van der Waals surface area contributed by atoms with Crippen LogP contribution >= 0.6 is 0 Å². The monoisotopic (exact) mass is 251 g/mol. The minimum atomic E-state index is -0.655. The summed E-state index contributed by atoms with van der Waals surface area (Å²) >= 11 is 0. The molecule has 3 heteroatoms. The Bertz CT molecular complexity index is 295. The van der Waals surface area contributed by atoms with Crippen molar-refractivity contribution in [2.24, 2.45) is 5.92 Å². The molecule has 1 N–H and O–H groups in total. The zero-order chi connectivity index (χ0) is 13.8. The lowest BCUT2D eigenvalue weighted by Crippen LogP contribution is -2.19. The summed E-state index contributed by atoms with van der Waals surface area (Å²) in [5.41, 5.74) is 0. The molecule has 1 aliphatic rings. The molecule has 0 aromatic carbocycles. The third-order valence-electron chi connectivity index (χ3n) is 2.77. The Balaban J connectivity index is 0.00000137. The van der Waals surface area contributed by atoms with E-state index in [1.807, 2.05) is 38.3 Å². The SMILES string of the molecule is C=C/C=C\C=C\N1CCCC(C(=O)O)CC1.CC. The molecule has 0 aliphatic carbocycles. The van der Waals surface area contributed by atoms with Gasteiger partial charge in [-0.15, -0.1) is 0 Å². The van der Waals surface area contributed by atoms with Crippen molar-refractivity contribution >= 4 is 5.97 Å². The van der Waals surface area contributed by atoms with Gasteiger partial charge in [0.15, 0.2) is 0 Å². The predicted molar refractivity (Wildman–Crippen MR) is 76.4 cm³/mol. The molecule has 1 saturated heterocycles. The van der Waals surface area contributed by atoms with E-state index in [1.54, 1.807) is 6.08 Å². The molecule has 3 nitrogen and oxygen atoms in total. The van der Waals surface area contributed by atoms with Crippen molar-refractivity contribution in [3.8, 4) is 0 Å². The number of carboxylic acids is 1. The molecule has 1 aliphatic heterocycles. The van der Waals surface area contributed by atoms with Crippen molar-refractivity contribution in [1.82, 2.24) is 4.90 Å². The van der Waals surface area contributed by atoms with Gasteiger partial charge in [-0.1, -0.05) is 38.7 Å². The Morgan fingerprint density at radius 3 is 2.56 bits per heavy atom. The summed E-state index contributed by atoms with van der Waals surface area (Å²) in [4.78, 5) is 13.0. The molecule has 0 aromatic rings. The van der Waals surface area contributed by atoms with E-state index in [0.717, 1.165) is 32.4 Å². The van der Waals surface area contributed by atoms with Crippen LogP contribution in [0.2, 0.25) is 0 Å². The van der Waals surface area contributed by atoms with Gasteiger partial charge in [-0.25, -0.2) is 0 Å². The highest BCUT2D eigenvalue weighted by molar-refractivity contribution is 5.69. The third-order valence-corrected chi connectivity index (χ3v) is 2.77. The van der Waals surface area contributed by atoms with Gasteiger partial charge < -0.3 is 10.0 Å². The van der Waals surface area contributed by atoms with Crippen molar-refractivity contribution in [2.45, 2.75) is 33.1 Å². The van der Waals surface area contributed by atoms with Gasteiger partial charge in [0.1, 0.15) is 0 Å². The first-order valence-electron chi connectivity index (χ1n) is 6.67. The minimum Gasteiger partial charge on any atom is -0.481 e. The number of nitrogens with zero attached hydrogens (tertiary/aromatic N) is 1. The molecule has 0 saturated carbocycles. The molecule has 1 atom stereocenters. The second kappa shape index (κ2) is 10.6. The molecule has 1 fully saturated rings. The molecule has 0 radical (unpaired) electrons. The molecule has 1 rings (SSSR count). The Kier molecular flexibility index (Phi) is 9.74. The van der Waals surface area contributed by atoms with Crippen LogP contribution in [0.15, 0.2) is 37.1 Å². The fourth-order valence-corrected chi connectivity index (χ4v) is 1.83. The maximum Gasteiger partial charge on any atom is 0.306 e. The number of carboxylic acid groups (broad SMARTS) is 1. The average Bonchev–Trinajstić information content (AvgIpc) is 2.63.